The second kappa shape index (κ2) is 8.12. The maximum Gasteiger partial charge on any atom is 0.248 e. The van der Waals surface area contributed by atoms with Gasteiger partial charge >= 0.3 is 0 Å². The molecule has 0 aromatic rings. The molecule has 0 spiro atoms. The van der Waals surface area contributed by atoms with Crippen LogP contribution in [0.2, 0.25) is 0 Å². The van der Waals surface area contributed by atoms with Crippen molar-refractivity contribution in [2.24, 2.45) is 11.7 Å². The Morgan fingerprint density at radius 3 is 2.32 bits per heavy atom. The fraction of sp³-hybridized carbons (Fsp3) is 0.846. The van der Waals surface area contributed by atoms with Gasteiger partial charge in [0.25, 0.3) is 0 Å². The number of ether oxygens (including phenoxy) is 1. The van der Waals surface area contributed by atoms with E-state index in [9.17, 15) is 9.59 Å². The Bertz CT molecular complexity index is 302. The van der Waals surface area contributed by atoms with Crippen LogP contribution in [0.1, 0.15) is 19.8 Å². The number of rotatable bonds is 6. The number of nitrogens with zero attached hydrogens (tertiary/aromatic N) is 2. The Balaban J connectivity index is 2.36. The Morgan fingerprint density at radius 2 is 1.79 bits per heavy atom. The molecule has 1 saturated heterocycles. The van der Waals surface area contributed by atoms with Crippen molar-refractivity contribution in [2.45, 2.75) is 19.8 Å². The molecular weight excluding hydrogens is 246 g/mol. The van der Waals surface area contributed by atoms with E-state index < -0.39 is 0 Å². The van der Waals surface area contributed by atoms with Crippen LogP contribution < -0.4 is 5.73 Å². The molecule has 0 aromatic heterocycles. The Kier molecular flexibility index (Phi) is 6.80. The standard InChI is InChI=1S/C13H25N3O3/c1-11(4-3-5-14)13(18)16-8-6-15(7-9-16)12(17)10-19-2/h11H,3-10,14H2,1-2H3. The zero-order chi connectivity index (χ0) is 14.3. The monoisotopic (exact) mass is 271 g/mol. The Labute approximate surface area is 114 Å². The lowest BCUT2D eigenvalue weighted by Gasteiger charge is -2.36. The summed E-state index contributed by atoms with van der Waals surface area (Å²) in [6.07, 6.45) is 1.71. The summed E-state index contributed by atoms with van der Waals surface area (Å²) >= 11 is 0. The van der Waals surface area contributed by atoms with Crippen LogP contribution in [-0.2, 0) is 14.3 Å². The molecule has 0 aliphatic carbocycles. The molecule has 1 rings (SSSR count). The fourth-order valence-electron chi connectivity index (χ4n) is 2.25. The molecule has 2 N–H and O–H groups in total. The van der Waals surface area contributed by atoms with Crippen molar-refractivity contribution in [2.75, 3.05) is 46.4 Å². The molecule has 1 aliphatic heterocycles. The molecule has 0 aromatic carbocycles. The summed E-state index contributed by atoms with van der Waals surface area (Å²) in [6.45, 7) is 5.09. The van der Waals surface area contributed by atoms with E-state index in [1.165, 1.54) is 7.11 Å². The molecule has 2 amide bonds. The number of nitrogens with two attached hydrogens (primary N) is 1. The molecule has 0 saturated carbocycles. The van der Waals surface area contributed by atoms with Gasteiger partial charge in [-0.2, -0.15) is 0 Å². The van der Waals surface area contributed by atoms with Gasteiger partial charge in [0.15, 0.2) is 0 Å². The third kappa shape index (κ3) is 4.80. The van der Waals surface area contributed by atoms with Crippen LogP contribution in [0.15, 0.2) is 0 Å². The maximum atomic E-state index is 12.2. The van der Waals surface area contributed by atoms with Crippen molar-refractivity contribution in [3.63, 3.8) is 0 Å². The second-order valence-corrected chi connectivity index (χ2v) is 4.97. The molecule has 1 atom stereocenters. The van der Waals surface area contributed by atoms with Crippen LogP contribution in [0.25, 0.3) is 0 Å². The van der Waals surface area contributed by atoms with Gasteiger partial charge in [-0.1, -0.05) is 6.92 Å². The predicted octanol–water partition coefficient (Wildman–Crippen LogP) is -0.321. The van der Waals surface area contributed by atoms with Crippen molar-refractivity contribution in [1.29, 1.82) is 0 Å². The summed E-state index contributed by atoms with van der Waals surface area (Å²) in [5, 5.41) is 0. The summed E-state index contributed by atoms with van der Waals surface area (Å²) in [5.74, 6) is 0.183. The first-order chi connectivity index (χ1) is 9.10. The molecule has 1 heterocycles. The van der Waals surface area contributed by atoms with E-state index >= 15 is 0 Å². The van der Waals surface area contributed by atoms with Gasteiger partial charge in [0.1, 0.15) is 6.61 Å². The normalized spacial score (nSPS) is 17.4. The lowest BCUT2D eigenvalue weighted by Crippen LogP contribution is -2.52. The average Bonchev–Trinajstić information content (AvgIpc) is 2.44. The fourth-order valence-corrected chi connectivity index (χ4v) is 2.25. The number of piperazine rings is 1. The van der Waals surface area contributed by atoms with Gasteiger partial charge in [-0.15, -0.1) is 0 Å². The van der Waals surface area contributed by atoms with Gasteiger partial charge < -0.3 is 20.3 Å². The quantitative estimate of drug-likeness (QED) is 0.718. The van der Waals surface area contributed by atoms with Crippen LogP contribution in [0.3, 0.4) is 0 Å². The number of amides is 2. The number of carbonyl (C=O) groups is 2. The molecule has 19 heavy (non-hydrogen) atoms. The summed E-state index contributed by atoms with van der Waals surface area (Å²) in [6, 6.07) is 0. The molecule has 1 unspecified atom stereocenters. The van der Waals surface area contributed by atoms with E-state index in [1.54, 1.807) is 4.90 Å². The first-order valence-corrected chi connectivity index (χ1v) is 6.85. The first-order valence-electron chi connectivity index (χ1n) is 6.85. The van der Waals surface area contributed by atoms with Crippen LogP contribution in [0, 0.1) is 5.92 Å². The Morgan fingerprint density at radius 1 is 1.21 bits per heavy atom. The summed E-state index contributed by atoms with van der Waals surface area (Å²) in [4.78, 5) is 27.4. The molecule has 1 fully saturated rings. The topological polar surface area (TPSA) is 75.9 Å². The van der Waals surface area contributed by atoms with Crippen molar-refractivity contribution < 1.29 is 14.3 Å². The van der Waals surface area contributed by atoms with Crippen LogP contribution in [0.4, 0.5) is 0 Å². The zero-order valence-corrected chi connectivity index (χ0v) is 11.9. The second-order valence-electron chi connectivity index (χ2n) is 4.97. The minimum atomic E-state index is -0.00854. The molecule has 0 radical (unpaired) electrons. The average molecular weight is 271 g/mol. The number of methoxy groups -OCH3 is 1. The van der Waals surface area contributed by atoms with Crippen molar-refractivity contribution in [1.82, 2.24) is 9.80 Å². The predicted molar refractivity (Wildman–Crippen MR) is 72.5 cm³/mol. The van der Waals surface area contributed by atoms with Gasteiger partial charge in [0, 0.05) is 39.2 Å². The van der Waals surface area contributed by atoms with E-state index in [0.717, 1.165) is 12.8 Å². The van der Waals surface area contributed by atoms with E-state index in [0.29, 0.717) is 32.7 Å². The molecule has 1 aliphatic rings. The summed E-state index contributed by atoms with van der Waals surface area (Å²) < 4.78 is 4.83. The van der Waals surface area contributed by atoms with Gasteiger partial charge in [-0.25, -0.2) is 0 Å². The van der Waals surface area contributed by atoms with Gasteiger partial charge in [-0.05, 0) is 19.4 Å². The van der Waals surface area contributed by atoms with E-state index in [-0.39, 0.29) is 24.3 Å². The lowest BCUT2D eigenvalue weighted by molar-refractivity contribution is -0.143. The number of hydrogen-bond donors (Lipinski definition) is 1. The largest absolute Gasteiger partial charge is 0.375 e. The summed E-state index contributed by atoms with van der Waals surface area (Å²) in [5.41, 5.74) is 5.45. The highest BCUT2D eigenvalue weighted by Crippen LogP contribution is 2.12. The highest BCUT2D eigenvalue weighted by molar-refractivity contribution is 5.80. The SMILES string of the molecule is COCC(=O)N1CCN(C(=O)C(C)CCCN)CC1. The minimum absolute atomic E-state index is 0.00854. The molecule has 0 bridgehead atoms. The van der Waals surface area contributed by atoms with Crippen LogP contribution in [-0.4, -0.2) is 68.1 Å². The van der Waals surface area contributed by atoms with Crippen LogP contribution >= 0.6 is 0 Å². The maximum absolute atomic E-state index is 12.2. The van der Waals surface area contributed by atoms with Crippen molar-refractivity contribution >= 4 is 11.8 Å². The first kappa shape index (κ1) is 15.9. The minimum Gasteiger partial charge on any atom is -0.375 e. The lowest BCUT2D eigenvalue weighted by atomic mass is 10.0. The highest BCUT2D eigenvalue weighted by Gasteiger charge is 2.26. The summed E-state index contributed by atoms with van der Waals surface area (Å²) in [7, 11) is 1.51. The van der Waals surface area contributed by atoms with Crippen molar-refractivity contribution in [3.8, 4) is 0 Å². The zero-order valence-electron chi connectivity index (χ0n) is 11.9. The molecule has 6 nitrogen and oxygen atoms in total. The number of hydrogen-bond acceptors (Lipinski definition) is 4. The molecule has 110 valence electrons. The highest BCUT2D eigenvalue weighted by atomic mass is 16.5. The third-order valence-corrected chi connectivity index (χ3v) is 3.47. The van der Waals surface area contributed by atoms with E-state index in [4.69, 9.17) is 10.5 Å². The van der Waals surface area contributed by atoms with Crippen molar-refractivity contribution in [3.05, 3.63) is 0 Å². The third-order valence-electron chi connectivity index (χ3n) is 3.47. The van der Waals surface area contributed by atoms with E-state index in [2.05, 4.69) is 0 Å². The van der Waals surface area contributed by atoms with E-state index in [1.807, 2.05) is 11.8 Å². The van der Waals surface area contributed by atoms with Gasteiger partial charge in [0.2, 0.25) is 11.8 Å². The number of carbonyl (C=O) groups excluding carboxylic acids is 2. The molecule has 6 heteroatoms. The Hall–Kier alpha value is -1.14. The van der Waals surface area contributed by atoms with Crippen LogP contribution in [0.5, 0.6) is 0 Å². The smallest absolute Gasteiger partial charge is 0.248 e. The van der Waals surface area contributed by atoms with Gasteiger partial charge in [-0.3, -0.25) is 9.59 Å². The van der Waals surface area contributed by atoms with Gasteiger partial charge in [0.05, 0.1) is 0 Å². The molecular formula is C13H25N3O3.